The van der Waals surface area contributed by atoms with E-state index >= 15 is 0 Å². The summed E-state index contributed by atoms with van der Waals surface area (Å²) in [5.74, 6) is 0.801. The van der Waals surface area contributed by atoms with Gasteiger partial charge in [0.15, 0.2) is 5.76 Å². The lowest BCUT2D eigenvalue weighted by molar-refractivity contribution is 0.0892. The van der Waals surface area contributed by atoms with Gasteiger partial charge in [-0.1, -0.05) is 0 Å². The van der Waals surface area contributed by atoms with Crippen LogP contribution in [0.5, 0.6) is 0 Å². The summed E-state index contributed by atoms with van der Waals surface area (Å²) in [6, 6.07) is 6.40. The van der Waals surface area contributed by atoms with Gasteiger partial charge in [0.05, 0.1) is 0 Å². The molecule has 4 unspecified atom stereocenters. The van der Waals surface area contributed by atoms with E-state index in [0.29, 0.717) is 23.4 Å². The Balaban J connectivity index is 1.51. The van der Waals surface area contributed by atoms with Crippen molar-refractivity contribution in [3.8, 4) is 0 Å². The van der Waals surface area contributed by atoms with Crippen LogP contribution in [-0.4, -0.2) is 41.0 Å². The van der Waals surface area contributed by atoms with Gasteiger partial charge in [0, 0.05) is 36.8 Å². The Labute approximate surface area is 117 Å². The van der Waals surface area contributed by atoms with E-state index in [9.17, 15) is 4.79 Å². The lowest BCUT2D eigenvalue weighted by Gasteiger charge is -2.27. The van der Waals surface area contributed by atoms with Gasteiger partial charge in [0.25, 0.3) is 5.91 Å². The van der Waals surface area contributed by atoms with Gasteiger partial charge in [0.2, 0.25) is 5.71 Å². The number of hydrogen-bond acceptors (Lipinski definition) is 4. The largest absolute Gasteiger partial charge is 0.433 e. The highest BCUT2D eigenvalue weighted by molar-refractivity contribution is 5.95. The molecule has 2 aliphatic rings. The zero-order valence-corrected chi connectivity index (χ0v) is 11.4. The smallest absolute Gasteiger partial charge is 0.287 e. The highest BCUT2D eigenvalue weighted by atomic mass is 16.4. The fourth-order valence-corrected chi connectivity index (χ4v) is 3.48. The quantitative estimate of drug-likeness (QED) is 0.902. The second-order valence-electron chi connectivity index (χ2n) is 5.89. The summed E-state index contributed by atoms with van der Waals surface area (Å²) < 4.78 is 5.50. The molecule has 2 aliphatic heterocycles. The van der Waals surface area contributed by atoms with Crippen LogP contribution in [0.15, 0.2) is 28.8 Å². The minimum Gasteiger partial charge on any atom is -0.433 e. The number of pyridine rings is 1. The number of fused-ring (bicyclic) bond motifs is 3. The maximum Gasteiger partial charge on any atom is 0.287 e. The maximum atomic E-state index is 12.3. The monoisotopic (exact) mass is 271 g/mol. The highest BCUT2D eigenvalue weighted by Crippen LogP contribution is 2.33. The summed E-state index contributed by atoms with van der Waals surface area (Å²) in [5, 5.41) is 3.97. The fourth-order valence-electron chi connectivity index (χ4n) is 3.48. The molecular formula is C15H17N3O2. The number of nitrogens with one attached hydrogen (secondary N) is 1. The van der Waals surface area contributed by atoms with Gasteiger partial charge in [-0.05, 0) is 37.5 Å². The van der Waals surface area contributed by atoms with E-state index < -0.39 is 0 Å². The van der Waals surface area contributed by atoms with Crippen molar-refractivity contribution >= 4 is 17.0 Å². The minimum absolute atomic E-state index is 0.130. The summed E-state index contributed by atoms with van der Waals surface area (Å²) in [4.78, 5) is 18.8. The molecule has 4 rings (SSSR count). The molecule has 0 spiro atoms. The summed E-state index contributed by atoms with van der Waals surface area (Å²) >= 11 is 0. The Bertz CT molecular complexity index is 631. The number of amides is 1. The first kappa shape index (κ1) is 11.9. The van der Waals surface area contributed by atoms with Crippen LogP contribution < -0.4 is 5.32 Å². The third-order valence-corrected chi connectivity index (χ3v) is 4.57. The summed E-state index contributed by atoms with van der Waals surface area (Å²) in [7, 11) is 0. The predicted octanol–water partition coefficient (Wildman–Crippen LogP) is 1.65. The summed E-state index contributed by atoms with van der Waals surface area (Å²) in [5.41, 5.74) is 0.517. The van der Waals surface area contributed by atoms with Crippen LogP contribution in [-0.2, 0) is 0 Å². The first-order chi connectivity index (χ1) is 9.70. The Morgan fingerprint density at radius 2 is 2.40 bits per heavy atom. The van der Waals surface area contributed by atoms with Crippen molar-refractivity contribution in [1.29, 1.82) is 0 Å². The zero-order valence-electron chi connectivity index (χ0n) is 11.4. The van der Waals surface area contributed by atoms with Crippen LogP contribution in [0.25, 0.3) is 11.1 Å². The van der Waals surface area contributed by atoms with E-state index in [4.69, 9.17) is 4.42 Å². The van der Waals surface area contributed by atoms with E-state index in [1.165, 1.54) is 6.42 Å². The number of nitrogens with zero attached hydrogens (tertiary/aromatic N) is 2. The van der Waals surface area contributed by atoms with Crippen molar-refractivity contribution < 1.29 is 9.21 Å². The number of carbonyl (C=O) groups excluding carboxylic acids is 1. The lowest BCUT2D eigenvalue weighted by Crippen LogP contribution is -2.45. The van der Waals surface area contributed by atoms with E-state index in [-0.39, 0.29) is 11.9 Å². The minimum atomic E-state index is -0.130. The molecule has 2 fully saturated rings. The van der Waals surface area contributed by atoms with E-state index in [0.717, 1.165) is 18.5 Å². The van der Waals surface area contributed by atoms with Crippen molar-refractivity contribution in [1.82, 2.24) is 15.2 Å². The molecule has 1 amide bonds. The third-order valence-electron chi connectivity index (χ3n) is 4.57. The molecule has 5 heteroatoms. The van der Waals surface area contributed by atoms with Crippen molar-refractivity contribution in [2.24, 2.45) is 5.92 Å². The topological polar surface area (TPSA) is 58.4 Å². The number of hydrogen-bond donors (Lipinski definition) is 1. The molecule has 2 saturated heterocycles. The first-order valence-electron chi connectivity index (χ1n) is 7.10. The predicted molar refractivity (Wildman–Crippen MR) is 74.4 cm³/mol. The molecule has 0 aromatic carbocycles. The Morgan fingerprint density at radius 3 is 3.10 bits per heavy atom. The van der Waals surface area contributed by atoms with Gasteiger partial charge in [-0.3, -0.25) is 9.69 Å². The summed E-state index contributed by atoms with van der Waals surface area (Å²) in [6.07, 6.45) is 2.84. The fraction of sp³-hybridized carbons (Fsp3) is 0.467. The molecule has 0 radical (unpaired) electrons. The molecule has 2 aromatic rings. The van der Waals surface area contributed by atoms with Gasteiger partial charge >= 0.3 is 0 Å². The SMILES string of the molecule is CC1CC2CN1CC2NC(=O)c1cc2cccnc2o1. The number of rotatable bonds is 2. The molecule has 20 heavy (non-hydrogen) atoms. The molecule has 4 atom stereocenters. The van der Waals surface area contributed by atoms with Crippen LogP contribution >= 0.6 is 0 Å². The Hall–Kier alpha value is -1.88. The normalized spacial score (nSPS) is 31.9. The third kappa shape index (κ3) is 1.81. The summed E-state index contributed by atoms with van der Waals surface area (Å²) in [6.45, 7) is 4.31. The van der Waals surface area contributed by atoms with E-state index in [1.54, 1.807) is 12.3 Å². The standard InChI is InChI=1S/C15H17N3O2/c1-9-5-11-7-18(9)8-12(11)17-14(19)13-6-10-3-2-4-16-15(10)20-13/h2-4,6,9,11-12H,5,7-8H2,1H3,(H,17,19). The maximum absolute atomic E-state index is 12.3. The van der Waals surface area contributed by atoms with E-state index in [1.807, 2.05) is 12.1 Å². The zero-order chi connectivity index (χ0) is 13.7. The van der Waals surface area contributed by atoms with Gasteiger partial charge in [-0.2, -0.15) is 0 Å². The Morgan fingerprint density at radius 1 is 1.50 bits per heavy atom. The molecule has 0 aliphatic carbocycles. The average Bonchev–Trinajstić information content (AvgIpc) is 3.10. The van der Waals surface area contributed by atoms with Gasteiger partial charge < -0.3 is 9.73 Å². The first-order valence-corrected chi connectivity index (χ1v) is 7.10. The average molecular weight is 271 g/mol. The number of carbonyl (C=O) groups is 1. The molecule has 0 saturated carbocycles. The van der Waals surface area contributed by atoms with Crippen LogP contribution in [0.1, 0.15) is 23.9 Å². The second-order valence-corrected chi connectivity index (χ2v) is 5.89. The molecule has 2 bridgehead atoms. The van der Waals surface area contributed by atoms with Gasteiger partial charge in [-0.15, -0.1) is 0 Å². The van der Waals surface area contributed by atoms with Crippen LogP contribution in [0.2, 0.25) is 0 Å². The molecule has 104 valence electrons. The van der Waals surface area contributed by atoms with Crippen molar-refractivity contribution in [3.63, 3.8) is 0 Å². The van der Waals surface area contributed by atoms with Crippen molar-refractivity contribution in [2.45, 2.75) is 25.4 Å². The molecule has 2 aromatic heterocycles. The second kappa shape index (κ2) is 4.31. The van der Waals surface area contributed by atoms with Gasteiger partial charge in [-0.25, -0.2) is 4.98 Å². The van der Waals surface area contributed by atoms with Crippen molar-refractivity contribution in [2.75, 3.05) is 13.1 Å². The van der Waals surface area contributed by atoms with Crippen LogP contribution in [0, 0.1) is 5.92 Å². The Kier molecular flexibility index (Phi) is 2.57. The molecule has 1 N–H and O–H groups in total. The van der Waals surface area contributed by atoms with E-state index in [2.05, 4.69) is 22.1 Å². The highest BCUT2D eigenvalue weighted by Gasteiger charge is 2.42. The molecule has 5 nitrogen and oxygen atoms in total. The van der Waals surface area contributed by atoms with Gasteiger partial charge in [0.1, 0.15) is 0 Å². The molecule has 4 heterocycles. The number of piperidine rings is 1. The lowest BCUT2D eigenvalue weighted by atomic mass is 9.96. The number of aromatic nitrogens is 1. The van der Waals surface area contributed by atoms with Crippen LogP contribution in [0.4, 0.5) is 0 Å². The molecular weight excluding hydrogens is 254 g/mol. The van der Waals surface area contributed by atoms with Crippen LogP contribution in [0.3, 0.4) is 0 Å². The number of furan rings is 1. The van der Waals surface area contributed by atoms with Crippen molar-refractivity contribution in [3.05, 3.63) is 30.2 Å².